The number of ether oxygens (including phenoxy) is 1. The quantitative estimate of drug-likeness (QED) is 0.428. The van der Waals surface area contributed by atoms with E-state index in [-0.39, 0.29) is 5.97 Å². The predicted octanol–water partition coefficient (Wildman–Crippen LogP) is 2.12. The lowest BCUT2D eigenvalue weighted by Crippen LogP contribution is -2.61. The third-order valence-corrected chi connectivity index (χ3v) is 4.61. The number of fused-ring (bicyclic) bond motifs is 1. The summed E-state index contributed by atoms with van der Waals surface area (Å²) < 4.78 is 6.46. The lowest BCUT2D eigenvalue weighted by Gasteiger charge is -2.51. The highest BCUT2D eigenvalue weighted by atomic mass is 16.5. The molecule has 17 heavy (non-hydrogen) atoms. The summed E-state index contributed by atoms with van der Waals surface area (Å²) in [7, 11) is 2.38. The van der Waals surface area contributed by atoms with Gasteiger partial charge in [0.1, 0.15) is 6.61 Å². The summed E-state index contributed by atoms with van der Waals surface area (Å²) in [6.07, 6.45) is 7.73. The molecule has 0 N–H and O–H groups in total. The fraction of sp³-hybridized carbons (Fsp3) is 0.786. The number of rotatable bonds is 3. The highest BCUT2D eigenvalue weighted by molar-refractivity contribution is 5.81. The van der Waals surface area contributed by atoms with Gasteiger partial charge in [-0.1, -0.05) is 6.58 Å². The Morgan fingerprint density at radius 3 is 2.88 bits per heavy atom. The zero-order chi connectivity index (χ0) is 12.3. The maximum Gasteiger partial charge on any atom is 0.330 e. The molecule has 2 rings (SSSR count). The summed E-state index contributed by atoms with van der Waals surface area (Å²) in [6, 6.07) is 0.704. The van der Waals surface area contributed by atoms with Gasteiger partial charge in [-0.15, -0.1) is 0 Å². The van der Waals surface area contributed by atoms with E-state index in [1.807, 2.05) is 0 Å². The Balaban J connectivity index is 1.96. The number of piperidine rings is 2. The smallest absolute Gasteiger partial charge is 0.330 e. The molecule has 96 valence electrons. The summed E-state index contributed by atoms with van der Waals surface area (Å²) in [5.41, 5.74) is 0. The Labute approximate surface area is 104 Å². The molecule has 0 aliphatic carbocycles. The van der Waals surface area contributed by atoms with Crippen LogP contribution in [0.1, 0.15) is 32.1 Å². The maximum absolute atomic E-state index is 11.1. The molecule has 3 nitrogen and oxygen atoms in total. The Morgan fingerprint density at radius 2 is 2.12 bits per heavy atom. The van der Waals surface area contributed by atoms with Gasteiger partial charge in [-0.3, -0.25) is 0 Å². The molecule has 2 saturated heterocycles. The molecule has 0 aromatic heterocycles. The van der Waals surface area contributed by atoms with Gasteiger partial charge in [0.25, 0.3) is 0 Å². The third kappa shape index (κ3) is 2.71. The maximum atomic E-state index is 11.1. The summed E-state index contributed by atoms with van der Waals surface area (Å²) in [5, 5.41) is 0. The van der Waals surface area contributed by atoms with Gasteiger partial charge in [0, 0.05) is 18.4 Å². The third-order valence-electron chi connectivity index (χ3n) is 4.61. The highest BCUT2D eigenvalue weighted by Gasteiger charge is 2.43. The summed E-state index contributed by atoms with van der Waals surface area (Å²) in [6.45, 7) is 6.63. The van der Waals surface area contributed by atoms with Crippen molar-refractivity contribution in [2.75, 3.05) is 26.7 Å². The summed E-state index contributed by atoms with van der Waals surface area (Å²) >= 11 is 0. The Morgan fingerprint density at radius 1 is 1.35 bits per heavy atom. The lowest BCUT2D eigenvalue weighted by molar-refractivity contribution is -0.947. The zero-order valence-corrected chi connectivity index (χ0v) is 10.9. The van der Waals surface area contributed by atoms with Gasteiger partial charge >= 0.3 is 5.97 Å². The van der Waals surface area contributed by atoms with Crippen LogP contribution in [-0.2, 0) is 9.53 Å². The van der Waals surface area contributed by atoms with E-state index in [0.717, 1.165) is 0 Å². The minimum Gasteiger partial charge on any atom is -0.462 e. The van der Waals surface area contributed by atoms with E-state index in [1.165, 1.54) is 55.8 Å². The van der Waals surface area contributed by atoms with E-state index in [9.17, 15) is 4.79 Å². The van der Waals surface area contributed by atoms with Crippen molar-refractivity contribution in [2.24, 2.45) is 5.92 Å². The average molecular weight is 238 g/mol. The number of carbonyl (C=O) groups is 1. The van der Waals surface area contributed by atoms with E-state index in [1.54, 1.807) is 0 Å². The van der Waals surface area contributed by atoms with Crippen molar-refractivity contribution in [3.8, 4) is 0 Å². The van der Waals surface area contributed by atoms with Gasteiger partial charge in [0.15, 0.2) is 0 Å². The highest BCUT2D eigenvalue weighted by Crippen LogP contribution is 2.36. The second-order valence-electron chi connectivity index (χ2n) is 5.73. The first kappa shape index (κ1) is 12.6. The second-order valence-corrected chi connectivity index (χ2v) is 5.73. The van der Waals surface area contributed by atoms with Crippen molar-refractivity contribution >= 4 is 5.97 Å². The molecular weight excluding hydrogens is 214 g/mol. The number of carbonyl (C=O) groups excluding carboxylic acids is 1. The molecule has 0 aromatic rings. The molecule has 2 aliphatic heterocycles. The van der Waals surface area contributed by atoms with Gasteiger partial charge < -0.3 is 9.22 Å². The first-order valence-corrected chi connectivity index (χ1v) is 6.79. The Kier molecular flexibility index (Phi) is 3.87. The van der Waals surface area contributed by atoms with Crippen LogP contribution in [0.4, 0.5) is 0 Å². The number of hydrogen-bond donors (Lipinski definition) is 0. The SMILES string of the molecule is C=CC(=O)OC[C@@H]1CCC[N+]2(C)CCCC[C@@H]12. The van der Waals surface area contributed by atoms with E-state index in [4.69, 9.17) is 4.74 Å². The first-order chi connectivity index (χ1) is 8.15. The van der Waals surface area contributed by atoms with Gasteiger partial charge in [-0.05, 0) is 25.7 Å². The van der Waals surface area contributed by atoms with Crippen LogP contribution in [0.2, 0.25) is 0 Å². The molecule has 0 amide bonds. The van der Waals surface area contributed by atoms with Gasteiger partial charge in [0.2, 0.25) is 0 Å². The van der Waals surface area contributed by atoms with Crippen molar-refractivity contribution in [3.05, 3.63) is 12.7 Å². The minimum absolute atomic E-state index is 0.277. The lowest BCUT2D eigenvalue weighted by atomic mass is 9.82. The van der Waals surface area contributed by atoms with Gasteiger partial charge in [-0.25, -0.2) is 4.79 Å². The van der Waals surface area contributed by atoms with Crippen LogP contribution in [0.5, 0.6) is 0 Å². The molecule has 2 fully saturated rings. The zero-order valence-electron chi connectivity index (χ0n) is 10.9. The largest absolute Gasteiger partial charge is 0.462 e. The van der Waals surface area contributed by atoms with Crippen LogP contribution in [-0.4, -0.2) is 43.2 Å². The van der Waals surface area contributed by atoms with Crippen molar-refractivity contribution < 1.29 is 14.0 Å². The van der Waals surface area contributed by atoms with E-state index < -0.39 is 0 Å². The van der Waals surface area contributed by atoms with E-state index in [0.29, 0.717) is 18.6 Å². The molecule has 3 heteroatoms. The number of esters is 1. The van der Waals surface area contributed by atoms with Crippen molar-refractivity contribution in [1.29, 1.82) is 0 Å². The molecule has 0 saturated carbocycles. The van der Waals surface area contributed by atoms with Crippen molar-refractivity contribution in [3.63, 3.8) is 0 Å². The van der Waals surface area contributed by atoms with E-state index in [2.05, 4.69) is 13.6 Å². The summed E-state index contributed by atoms with van der Waals surface area (Å²) in [5.74, 6) is 0.276. The van der Waals surface area contributed by atoms with Crippen LogP contribution in [0.3, 0.4) is 0 Å². The van der Waals surface area contributed by atoms with Crippen LogP contribution >= 0.6 is 0 Å². The van der Waals surface area contributed by atoms with Gasteiger partial charge in [0.05, 0.1) is 26.2 Å². The van der Waals surface area contributed by atoms with Gasteiger partial charge in [-0.2, -0.15) is 0 Å². The number of nitrogens with zero attached hydrogens (tertiary/aromatic N) is 1. The topological polar surface area (TPSA) is 26.3 Å². The average Bonchev–Trinajstić information content (AvgIpc) is 2.34. The molecule has 2 aliphatic rings. The molecular formula is C14H24NO2+. The van der Waals surface area contributed by atoms with Crippen LogP contribution < -0.4 is 0 Å². The van der Waals surface area contributed by atoms with Crippen molar-refractivity contribution in [1.82, 2.24) is 0 Å². The predicted molar refractivity (Wildman–Crippen MR) is 67.4 cm³/mol. The fourth-order valence-corrected chi connectivity index (χ4v) is 3.68. The Bertz CT molecular complexity index is 299. The first-order valence-electron chi connectivity index (χ1n) is 6.79. The van der Waals surface area contributed by atoms with Crippen LogP contribution in [0.25, 0.3) is 0 Å². The molecule has 0 spiro atoms. The molecule has 2 heterocycles. The van der Waals surface area contributed by atoms with Crippen LogP contribution in [0.15, 0.2) is 12.7 Å². The molecule has 0 aromatic carbocycles. The molecule has 0 radical (unpaired) electrons. The van der Waals surface area contributed by atoms with E-state index >= 15 is 0 Å². The monoisotopic (exact) mass is 238 g/mol. The Hall–Kier alpha value is -0.830. The summed E-state index contributed by atoms with van der Waals surface area (Å²) in [4.78, 5) is 11.1. The number of hydrogen-bond acceptors (Lipinski definition) is 2. The minimum atomic E-state index is -0.277. The molecule has 0 bridgehead atoms. The fourth-order valence-electron chi connectivity index (χ4n) is 3.68. The van der Waals surface area contributed by atoms with Crippen LogP contribution in [0, 0.1) is 5.92 Å². The van der Waals surface area contributed by atoms with Crippen molar-refractivity contribution in [2.45, 2.75) is 38.1 Å². The standard InChI is InChI=1S/C14H24NO2/c1-3-14(16)17-11-12-7-6-10-15(2)9-5-4-8-13(12)15/h3,12-13H,1,4-11H2,2H3/q+1/t12-,13-,15?/m0/s1. The second kappa shape index (κ2) is 5.21. The molecule has 3 atom stereocenters. The number of quaternary nitrogens is 1. The molecule has 1 unspecified atom stereocenters. The normalized spacial score (nSPS) is 37.0.